The zero-order valence-electron chi connectivity index (χ0n) is 10.3. The highest BCUT2D eigenvalue weighted by molar-refractivity contribution is 7.89. The molecule has 1 aliphatic rings. The Kier molecular flexibility index (Phi) is 5.17. The van der Waals surface area contributed by atoms with Crippen molar-refractivity contribution < 1.29 is 13.2 Å². The first-order valence-corrected chi connectivity index (χ1v) is 7.25. The highest BCUT2D eigenvalue weighted by Gasteiger charge is 2.29. The van der Waals surface area contributed by atoms with Gasteiger partial charge < -0.3 is 10.1 Å². The second kappa shape index (κ2) is 5.95. The molecular formula is C10H22N2O3S. The molecule has 0 radical (unpaired) electrons. The summed E-state index contributed by atoms with van der Waals surface area (Å²) in [5.74, 6) is 0. The average Bonchev–Trinajstić information content (AvgIpc) is 2.27. The zero-order valence-corrected chi connectivity index (χ0v) is 11.1. The summed E-state index contributed by atoms with van der Waals surface area (Å²) in [4.78, 5) is 0. The molecule has 0 aromatic heterocycles. The van der Waals surface area contributed by atoms with E-state index in [-0.39, 0.29) is 5.25 Å². The molecule has 0 saturated carbocycles. The highest BCUT2D eigenvalue weighted by Crippen LogP contribution is 2.10. The van der Waals surface area contributed by atoms with E-state index in [4.69, 9.17) is 4.74 Å². The summed E-state index contributed by atoms with van der Waals surface area (Å²) in [7, 11) is -3.17. The molecule has 1 heterocycles. The number of hydrogen-bond acceptors (Lipinski definition) is 4. The van der Waals surface area contributed by atoms with Crippen molar-refractivity contribution in [3.63, 3.8) is 0 Å². The number of hydrogen-bond donors (Lipinski definition) is 1. The van der Waals surface area contributed by atoms with E-state index in [1.807, 2.05) is 13.8 Å². The normalized spacial score (nSPS) is 21.2. The standard InChI is InChI=1S/C10H22N2O3S/c1-9(2)11-8-10(3)16(13,14)12-4-6-15-7-5-12/h9-11H,4-8H2,1-3H3. The molecule has 1 rings (SSSR count). The van der Waals surface area contributed by atoms with Gasteiger partial charge in [-0.15, -0.1) is 0 Å². The number of sulfonamides is 1. The van der Waals surface area contributed by atoms with Crippen LogP contribution in [0.25, 0.3) is 0 Å². The first kappa shape index (κ1) is 13.9. The topological polar surface area (TPSA) is 58.6 Å². The fourth-order valence-electron chi connectivity index (χ4n) is 1.56. The molecule has 96 valence electrons. The Labute approximate surface area is 98.2 Å². The van der Waals surface area contributed by atoms with Crippen molar-refractivity contribution in [1.29, 1.82) is 0 Å². The highest BCUT2D eigenvalue weighted by atomic mass is 32.2. The average molecular weight is 250 g/mol. The Morgan fingerprint density at radius 1 is 1.25 bits per heavy atom. The summed E-state index contributed by atoms with van der Waals surface area (Å²) in [5, 5.41) is 2.77. The Morgan fingerprint density at radius 3 is 2.31 bits per heavy atom. The number of ether oxygens (including phenoxy) is 1. The third kappa shape index (κ3) is 3.69. The number of morpholine rings is 1. The van der Waals surface area contributed by atoms with Crippen LogP contribution in [0.5, 0.6) is 0 Å². The van der Waals surface area contributed by atoms with Gasteiger partial charge in [0.05, 0.1) is 18.5 Å². The van der Waals surface area contributed by atoms with Gasteiger partial charge in [0.25, 0.3) is 0 Å². The monoisotopic (exact) mass is 250 g/mol. The molecule has 1 unspecified atom stereocenters. The molecule has 0 amide bonds. The maximum Gasteiger partial charge on any atom is 0.218 e. The lowest BCUT2D eigenvalue weighted by Crippen LogP contribution is -2.47. The molecule has 0 spiro atoms. The molecular weight excluding hydrogens is 228 g/mol. The van der Waals surface area contributed by atoms with Gasteiger partial charge in [0.1, 0.15) is 0 Å². The van der Waals surface area contributed by atoms with Gasteiger partial charge in [0, 0.05) is 25.7 Å². The fraction of sp³-hybridized carbons (Fsp3) is 1.00. The Hall–Kier alpha value is -0.170. The lowest BCUT2D eigenvalue weighted by Gasteiger charge is -2.29. The number of rotatable bonds is 5. The van der Waals surface area contributed by atoms with Gasteiger partial charge in [0.2, 0.25) is 10.0 Å². The third-order valence-corrected chi connectivity index (χ3v) is 4.92. The molecule has 1 fully saturated rings. The van der Waals surface area contributed by atoms with Crippen molar-refractivity contribution >= 4 is 10.0 Å². The second-order valence-corrected chi connectivity index (χ2v) is 6.78. The van der Waals surface area contributed by atoms with Crippen LogP contribution in [0.4, 0.5) is 0 Å². The van der Waals surface area contributed by atoms with Gasteiger partial charge in [-0.05, 0) is 6.92 Å². The van der Waals surface area contributed by atoms with E-state index in [2.05, 4.69) is 5.32 Å². The van der Waals surface area contributed by atoms with E-state index in [9.17, 15) is 8.42 Å². The van der Waals surface area contributed by atoms with E-state index in [0.29, 0.717) is 38.9 Å². The van der Waals surface area contributed by atoms with Gasteiger partial charge in [-0.25, -0.2) is 8.42 Å². The van der Waals surface area contributed by atoms with Crippen LogP contribution in [0.3, 0.4) is 0 Å². The lowest BCUT2D eigenvalue weighted by molar-refractivity contribution is 0.0726. The molecule has 0 aliphatic carbocycles. The molecule has 5 nitrogen and oxygen atoms in total. The minimum Gasteiger partial charge on any atom is -0.379 e. The van der Waals surface area contributed by atoms with Crippen LogP contribution in [0.15, 0.2) is 0 Å². The smallest absolute Gasteiger partial charge is 0.218 e. The van der Waals surface area contributed by atoms with E-state index in [0.717, 1.165) is 0 Å². The van der Waals surface area contributed by atoms with Crippen molar-refractivity contribution in [3.05, 3.63) is 0 Å². The molecule has 1 N–H and O–H groups in total. The fourth-order valence-corrected chi connectivity index (χ4v) is 3.04. The summed E-state index contributed by atoms with van der Waals surface area (Å²) in [6.45, 7) is 8.23. The number of nitrogens with one attached hydrogen (secondary N) is 1. The molecule has 16 heavy (non-hydrogen) atoms. The SMILES string of the molecule is CC(C)NCC(C)S(=O)(=O)N1CCOCC1. The van der Waals surface area contributed by atoms with Gasteiger partial charge >= 0.3 is 0 Å². The maximum absolute atomic E-state index is 12.1. The van der Waals surface area contributed by atoms with Crippen molar-refractivity contribution in [2.75, 3.05) is 32.8 Å². The van der Waals surface area contributed by atoms with Gasteiger partial charge in [0.15, 0.2) is 0 Å². The molecule has 1 aliphatic heterocycles. The van der Waals surface area contributed by atoms with Crippen molar-refractivity contribution in [3.8, 4) is 0 Å². The summed E-state index contributed by atoms with van der Waals surface area (Å²) in [6, 6.07) is 0.308. The molecule has 1 atom stereocenters. The Bertz CT molecular complexity index is 297. The first-order chi connectivity index (χ1) is 7.44. The van der Waals surface area contributed by atoms with E-state index >= 15 is 0 Å². The minimum absolute atomic E-state index is 0.308. The van der Waals surface area contributed by atoms with Crippen LogP contribution < -0.4 is 5.32 Å². The first-order valence-electron chi connectivity index (χ1n) is 5.74. The zero-order chi connectivity index (χ0) is 12.2. The summed E-state index contributed by atoms with van der Waals surface area (Å²) >= 11 is 0. The predicted octanol–water partition coefficient (Wildman–Crippen LogP) is 0.0349. The number of nitrogens with zero attached hydrogens (tertiary/aromatic N) is 1. The van der Waals surface area contributed by atoms with Gasteiger partial charge in [-0.1, -0.05) is 13.8 Å². The Balaban J connectivity index is 2.54. The summed E-state index contributed by atoms with van der Waals surface area (Å²) < 4.78 is 30.9. The van der Waals surface area contributed by atoms with Crippen LogP contribution >= 0.6 is 0 Å². The molecule has 0 bridgehead atoms. The van der Waals surface area contributed by atoms with E-state index in [1.54, 1.807) is 6.92 Å². The van der Waals surface area contributed by atoms with Crippen LogP contribution in [0.1, 0.15) is 20.8 Å². The largest absolute Gasteiger partial charge is 0.379 e. The van der Waals surface area contributed by atoms with Crippen LogP contribution in [0.2, 0.25) is 0 Å². The summed E-state index contributed by atoms with van der Waals surface area (Å²) in [5.41, 5.74) is 0. The molecule has 0 aromatic carbocycles. The van der Waals surface area contributed by atoms with Crippen molar-refractivity contribution in [1.82, 2.24) is 9.62 Å². The van der Waals surface area contributed by atoms with E-state index in [1.165, 1.54) is 4.31 Å². The summed E-state index contributed by atoms with van der Waals surface area (Å²) in [6.07, 6.45) is 0. The molecule has 6 heteroatoms. The quantitative estimate of drug-likeness (QED) is 0.748. The van der Waals surface area contributed by atoms with Crippen molar-refractivity contribution in [2.24, 2.45) is 0 Å². The Morgan fingerprint density at radius 2 is 1.81 bits per heavy atom. The maximum atomic E-state index is 12.1. The van der Waals surface area contributed by atoms with Crippen LogP contribution in [-0.2, 0) is 14.8 Å². The molecule has 1 saturated heterocycles. The predicted molar refractivity (Wildman–Crippen MR) is 63.9 cm³/mol. The van der Waals surface area contributed by atoms with Crippen LogP contribution in [-0.4, -0.2) is 56.9 Å². The van der Waals surface area contributed by atoms with Gasteiger partial charge in [-0.3, -0.25) is 0 Å². The minimum atomic E-state index is -3.17. The molecule has 0 aromatic rings. The van der Waals surface area contributed by atoms with Crippen LogP contribution in [0, 0.1) is 0 Å². The second-order valence-electron chi connectivity index (χ2n) is 4.43. The lowest BCUT2D eigenvalue weighted by atomic mass is 10.3. The van der Waals surface area contributed by atoms with Gasteiger partial charge in [-0.2, -0.15) is 4.31 Å². The van der Waals surface area contributed by atoms with E-state index < -0.39 is 10.0 Å². The van der Waals surface area contributed by atoms with Crippen molar-refractivity contribution in [2.45, 2.75) is 32.1 Å². The third-order valence-electron chi connectivity index (χ3n) is 2.65.